The Labute approximate surface area is 193 Å². The molecule has 2 amide bonds. The number of carbonyl (C=O) groups is 1. The Kier molecular flexibility index (Phi) is 5.21. The van der Waals surface area contributed by atoms with Gasteiger partial charge >= 0.3 is 6.03 Å². The van der Waals surface area contributed by atoms with Crippen LogP contribution in [-0.4, -0.2) is 96.7 Å². The van der Waals surface area contributed by atoms with Crippen molar-refractivity contribution in [3.63, 3.8) is 0 Å². The van der Waals surface area contributed by atoms with E-state index in [0.717, 1.165) is 94.1 Å². The highest BCUT2D eigenvalue weighted by atomic mass is 16.2. The van der Waals surface area contributed by atoms with Gasteiger partial charge in [-0.1, -0.05) is 0 Å². The summed E-state index contributed by atoms with van der Waals surface area (Å²) in [7, 11) is 1.89. The lowest BCUT2D eigenvalue weighted by Crippen LogP contribution is -2.43. The number of hydrogen-bond donors (Lipinski definition) is 2. The Hall–Kier alpha value is -3.07. The second kappa shape index (κ2) is 8.37. The summed E-state index contributed by atoms with van der Waals surface area (Å²) in [4.78, 5) is 33.7. The van der Waals surface area contributed by atoms with Crippen molar-refractivity contribution in [1.82, 2.24) is 30.1 Å². The number of carbonyl (C=O) groups excluding carboxylic acids is 1. The molecular formula is C24H32N8O. The zero-order valence-corrected chi connectivity index (χ0v) is 19.3. The molecule has 3 aliphatic rings. The molecule has 0 unspecified atom stereocenters. The van der Waals surface area contributed by atoms with Crippen molar-refractivity contribution in [2.24, 2.45) is 5.92 Å². The van der Waals surface area contributed by atoms with Crippen LogP contribution in [0.2, 0.25) is 0 Å². The van der Waals surface area contributed by atoms with Crippen LogP contribution in [0.15, 0.2) is 24.5 Å². The van der Waals surface area contributed by atoms with Crippen LogP contribution >= 0.6 is 0 Å². The topological polar surface area (TPSA) is 83.6 Å². The number of aromatic amines is 1. The number of hydrogen-bond acceptors (Lipinski definition) is 6. The van der Waals surface area contributed by atoms with E-state index in [2.05, 4.69) is 43.3 Å². The molecule has 0 radical (unpaired) electrons. The number of amides is 2. The van der Waals surface area contributed by atoms with Gasteiger partial charge in [-0.05, 0) is 37.0 Å². The summed E-state index contributed by atoms with van der Waals surface area (Å²) >= 11 is 0. The SMILES string of the molecule is CN1CCN(CC2CCN(c3ncnc4[nH]c5cc(N6CCNCC6)ccc5c34)CC2)C1=O. The predicted molar refractivity (Wildman–Crippen MR) is 131 cm³/mol. The third-order valence-corrected chi connectivity index (χ3v) is 7.53. The number of nitrogens with zero attached hydrogens (tertiary/aromatic N) is 6. The molecule has 33 heavy (non-hydrogen) atoms. The maximum atomic E-state index is 12.2. The van der Waals surface area contributed by atoms with E-state index in [9.17, 15) is 4.79 Å². The molecule has 9 heteroatoms. The normalized spacial score (nSPS) is 20.6. The molecule has 0 bridgehead atoms. The molecule has 3 aromatic rings. The maximum Gasteiger partial charge on any atom is 0.319 e. The van der Waals surface area contributed by atoms with E-state index < -0.39 is 0 Å². The summed E-state index contributed by atoms with van der Waals surface area (Å²) in [6, 6.07) is 6.88. The Morgan fingerprint density at radius 2 is 1.82 bits per heavy atom. The molecule has 9 nitrogen and oxygen atoms in total. The number of anilines is 2. The van der Waals surface area contributed by atoms with Crippen LogP contribution in [0.4, 0.5) is 16.3 Å². The minimum Gasteiger partial charge on any atom is -0.369 e. The lowest BCUT2D eigenvalue weighted by molar-refractivity contribution is 0.187. The molecule has 5 heterocycles. The van der Waals surface area contributed by atoms with E-state index in [4.69, 9.17) is 4.98 Å². The highest BCUT2D eigenvalue weighted by Crippen LogP contribution is 2.35. The molecule has 3 aliphatic heterocycles. The second-order valence-corrected chi connectivity index (χ2v) is 9.59. The number of urea groups is 1. The highest BCUT2D eigenvalue weighted by molar-refractivity contribution is 6.11. The van der Waals surface area contributed by atoms with Gasteiger partial charge in [0, 0.05) is 82.5 Å². The molecule has 1 aromatic carbocycles. The van der Waals surface area contributed by atoms with Crippen molar-refractivity contribution in [3.05, 3.63) is 24.5 Å². The van der Waals surface area contributed by atoms with E-state index >= 15 is 0 Å². The van der Waals surface area contributed by atoms with Crippen LogP contribution in [0.5, 0.6) is 0 Å². The summed E-state index contributed by atoms with van der Waals surface area (Å²) in [5.74, 6) is 1.58. The molecule has 0 saturated carbocycles. The fourth-order valence-corrected chi connectivity index (χ4v) is 5.57. The number of H-pyrrole nitrogens is 1. The second-order valence-electron chi connectivity index (χ2n) is 9.59. The molecule has 6 rings (SSSR count). The van der Waals surface area contributed by atoms with Gasteiger partial charge in [-0.3, -0.25) is 0 Å². The molecule has 174 valence electrons. The summed E-state index contributed by atoms with van der Waals surface area (Å²) in [6.07, 6.45) is 3.83. The van der Waals surface area contributed by atoms with E-state index in [-0.39, 0.29) is 6.03 Å². The summed E-state index contributed by atoms with van der Waals surface area (Å²) in [5, 5.41) is 5.73. The Morgan fingerprint density at radius 1 is 1.00 bits per heavy atom. The Balaban J connectivity index is 1.22. The summed E-state index contributed by atoms with van der Waals surface area (Å²) in [5.41, 5.74) is 3.28. The average Bonchev–Trinajstić information content (AvgIpc) is 3.39. The van der Waals surface area contributed by atoms with Gasteiger partial charge in [-0.15, -0.1) is 0 Å². The van der Waals surface area contributed by atoms with Gasteiger partial charge in [0.05, 0.1) is 5.39 Å². The van der Waals surface area contributed by atoms with Gasteiger partial charge in [-0.2, -0.15) is 0 Å². The van der Waals surface area contributed by atoms with Crippen molar-refractivity contribution in [2.75, 3.05) is 75.8 Å². The van der Waals surface area contributed by atoms with E-state index in [0.29, 0.717) is 5.92 Å². The van der Waals surface area contributed by atoms with Crippen LogP contribution in [-0.2, 0) is 0 Å². The molecular weight excluding hydrogens is 416 g/mol. The number of nitrogens with one attached hydrogen (secondary N) is 2. The van der Waals surface area contributed by atoms with Gasteiger partial charge in [0.15, 0.2) is 0 Å². The molecule has 2 N–H and O–H groups in total. The molecule has 0 aliphatic carbocycles. The number of piperidine rings is 1. The van der Waals surface area contributed by atoms with Gasteiger partial charge < -0.3 is 29.9 Å². The van der Waals surface area contributed by atoms with Crippen molar-refractivity contribution in [1.29, 1.82) is 0 Å². The van der Waals surface area contributed by atoms with E-state index in [1.54, 1.807) is 6.33 Å². The van der Waals surface area contributed by atoms with E-state index in [1.165, 1.54) is 11.1 Å². The quantitative estimate of drug-likeness (QED) is 0.636. The first kappa shape index (κ1) is 20.5. The summed E-state index contributed by atoms with van der Waals surface area (Å²) < 4.78 is 0. The first-order valence-electron chi connectivity index (χ1n) is 12.1. The van der Waals surface area contributed by atoms with Crippen LogP contribution in [0.3, 0.4) is 0 Å². The molecule has 0 atom stereocenters. The fraction of sp³-hybridized carbons (Fsp3) is 0.542. The van der Waals surface area contributed by atoms with Crippen LogP contribution in [0.1, 0.15) is 12.8 Å². The van der Waals surface area contributed by atoms with Gasteiger partial charge in [0.25, 0.3) is 0 Å². The monoisotopic (exact) mass is 448 g/mol. The van der Waals surface area contributed by atoms with Crippen molar-refractivity contribution < 1.29 is 4.79 Å². The predicted octanol–water partition coefficient (Wildman–Crippen LogP) is 2.10. The van der Waals surface area contributed by atoms with Crippen molar-refractivity contribution in [2.45, 2.75) is 12.8 Å². The Morgan fingerprint density at radius 3 is 2.58 bits per heavy atom. The minimum absolute atomic E-state index is 0.175. The van der Waals surface area contributed by atoms with Crippen LogP contribution in [0, 0.1) is 5.92 Å². The maximum absolute atomic E-state index is 12.2. The average molecular weight is 449 g/mol. The van der Waals surface area contributed by atoms with Crippen molar-refractivity contribution in [3.8, 4) is 0 Å². The fourth-order valence-electron chi connectivity index (χ4n) is 5.57. The van der Waals surface area contributed by atoms with E-state index in [1.807, 2.05) is 16.8 Å². The smallest absolute Gasteiger partial charge is 0.319 e. The lowest BCUT2D eigenvalue weighted by atomic mass is 9.96. The summed E-state index contributed by atoms with van der Waals surface area (Å²) in [6.45, 7) is 8.60. The first-order chi connectivity index (χ1) is 16.2. The van der Waals surface area contributed by atoms with Crippen molar-refractivity contribution >= 4 is 39.5 Å². The lowest BCUT2D eigenvalue weighted by Gasteiger charge is -2.34. The number of rotatable bonds is 4. The zero-order chi connectivity index (χ0) is 22.4. The first-order valence-corrected chi connectivity index (χ1v) is 12.1. The Bertz CT molecular complexity index is 1160. The third-order valence-electron chi connectivity index (χ3n) is 7.53. The molecule has 2 aromatic heterocycles. The standard InChI is InChI=1S/C24H32N8O/c1-29-12-13-32(24(29)33)15-17-4-8-31(9-5-17)23-21-19-3-2-18(30-10-6-25-7-11-30)14-20(19)28-22(21)26-16-27-23/h2-3,14,16-17,25H,4-13,15H2,1H3,(H,26,27,28). The van der Waals surface area contributed by atoms with Crippen LogP contribution in [0.25, 0.3) is 21.9 Å². The van der Waals surface area contributed by atoms with Gasteiger partial charge in [-0.25, -0.2) is 14.8 Å². The third kappa shape index (κ3) is 3.74. The largest absolute Gasteiger partial charge is 0.369 e. The number of likely N-dealkylation sites (N-methyl/N-ethyl adjacent to an activating group) is 1. The van der Waals surface area contributed by atoms with Crippen LogP contribution < -0.4 is 15.1 Å². The number of aromatic nitrogens is 3. The highest BCUT2D eigenvalue weighted by Gasteiger charge is 2.30. The number of piperazine rings is 1. The molecule has 0 spiro atoms. The minimum atomic E-state index is 0.175. The number of fused-ring (bicyclic) bond motifs is 3. The molecule has 3 fully saturated rings. The van der Waals surface area contributed by atoms with Gasteiger partial charge in [0.1, 0.15) is 17.8 Å². The zero-order valence-electron chi connectivity index (χ0n) is 19.3. The molecule has 3 saturated heterocycles. The van der Waals surface area contributed by atoms with Gasteiger partial charge in [0.2, 0.25) is 0 Å². The number of benzene rings is 1.